The summed E-state index contributed by atoms with van der Waals surface area (Å²) in [5.74, 6) is 2.02. The third-order valence-corrected chi connectivity index (χ3v) is 49.7. The second kappa shape index (κ2) is 40.4. The van der Waals surface area contributed by atoms with Crippen molar-refractivity contribution in [3.05, 3.63) is 167 Å². The predicted molar refractivity (Wildman–Crippen MR) is 502 cm³/mol. The molecule has 0 spiro atoms. The number of benzene rings is 4. The van der Waals surface area contributed by atoms with E-state index in [2.05, 4.69) is 99.6 Å². The Balaban J connectivity index is 0.000000170. The van der Waals surface area contributed by atoms with Crippen LogP contribution in [-0.2, 0) is 31.7 Å². The van der Waals surface area contributed by atoms with Crippen LogP contribution >= 0.6 is 123 Å². The molecule has 0 saturated heterocycles. The van der Waals surface area contributed by atoms with E-state index in [9.17, 15) is 38.0 Å². The molecule has 14 aromatic rings. The van der Waals surface area contributed by atoms with Crippen molar-refractivity contribution >= 4 is 275 Å². The van der Waals surface area contributed by atoms with Crippen LogP contribution in [0.25, 0.3) is 102 Å². The summed E-state index contributed by atoms with van der Waals surface area (Å²) < 4.78 is 81.1. The molecule has 0 aliphatic rings. The molecule has 0 aliphatic carbocycles. The Kier molecular flexibility index (Phi) is 31.3. The summed E-state index contributed by atoms with van der Waals surface area (Å²) >= 11 is 14.5. The Labute approximate surface area is 723 Å². The molecule has 114 heavy (non-hydrogen) atoms. The molecule has 0 fully saturated rings. The van der Waals surface area contributed by atoms with Gasteiger partial charge in [-0.15, -0.1) is 22.7 Å². The van der Waals surface area contributed by atoms with Crippen LogP contribution < -0.4 is 46.6 Å². The number of aromatic nitrogens is 2. The van der Waals surface area contributed by atoms with Gasteiger partial charge in [0.1, 0.15) is 0 Å². The summed E-state index contributed by atoms with van der Waals surface area (Å²) in [6.07, 6.45) is 28.2. The van der Waals surface area contributed by atoms with Crippen LogP contribution in [-0.4, -0.2) is 75.3 Å². The molecule has 0 amide bonds. The van der Waals surface area contributed by atoms with Crippen LogP contribution in [0.3, 0.4) is 0 Å². The molecular formula is C84H90B4Br2N2O12S8Sn2. The molecule has 14 rings (SSSR count). The van der Waals surface area contributed by atoms with Gasteiger partial charge in [0.05, 0.1) is 33.4 Å². The number of hydrogen-bond donors (Lipinski definition) is 0. The van der Waals surface area contributed by atoms with Crippen molar-refractivity contribution in [1.29, 1.82) is 0 Å². The van der Waals surface area contributed by atoms with E-state index < -0.39 is 36.8 Å². The van der Waals surface area contributed by atoms with E-state index in [1.165, 1.54) is 216 Å². The SMILES string of the molecule is CCCCCCCCCCCCc1ccc(-n2c(=O)c3cc(Br)sc3c3sc(Br)cc3c2=O)cc1.CCCCCCCCCCCCc1ccc(-n2c(=O)c3cc(C)sc3c3sc(-c4cc5c(OB=O)c6sc(C)cc6c(OB=O)c5s4)cc3c2=O)cc1.[CH3][Sn]([CH3])([CH3])[c]1cc2c(OB=O)c3s[c]([Sn]([CH3])([CH3])[CH3])cc3c(OB=O)c2s1. The maximum absolute atomic E-state index is 14.4. The van der Waals surface area contributed by atoms with Crippen LogP contribution in [0.4, 0.5) is 0 Å². The summed E-state index contributed by atoms with van der Waals surface area (Å²) in [7, 11) is 1.80. The van der Waals surface area contributed by atoms with Crippen molar-refractivity contribution < 1.29 is 37.4 Å². The molecule has 30 heteroatoms. The van der Waals surface area contributed by atoms with Gasteiger partial charge < -0.3 is 0 Å². The Bertz CT molecular complexity index is 5850. The van der Waals surface area contributed by atoms with Gasteiger partial charge >= 0.3 is 403 Å². The summed E-state index contributed by atoms with van der Waals surface area (Å²) in [4.78, 5) is 73.1. The van der Waals surface area contributed by atoms with Gasteiger partial charge in [-0.3, -0.25) is 9.59 Å². The van der Waals surface area contributed by atoms with E-state index in [1.54, 1.807) is 22.7 Å². The zero-order chi connectivity index (χ0) is 81.1. The molecule has 4 aromatic carbocycles. The third kappa shape index (κ3) is 20.4. The number of fused-ring (bicyclic) bond motifs is 10. The average Bonchev–Trinajstić information content (AvgIpc) is 1.58. The number of halogens is 2. The van der Waals surface area contributed by atoms with E-state index in [0.29, 0.717) is 106 Å². The van der Waals surface area contributed by atoms with Gasteiger partial charge in [-0.2, -0.15) is 0 Å². The minimum absolute atomic E-state index is 0.270. The quantitative estimate of drug-likeness (QED) is 0.0271. The van der Waals surface area contributed by atoms with Gasteiger partial charge in [0.2, 0.25) is 0 Å². The zero-order valence-corrected chi connectivity index (χ0v) is 81.3. The second-order valence-corrected chi connectivity index (χ2v) is 73.4. The van der Waals surface area contributed by atoms with Gasteiger partial charge in [-0.05, 0) is 92.9 Å². The first-order valence-electron chi connectivity index (χ1n) is 39.1. The molecule has 0 unspecified atom stereocenters. The van der Waals surface area contributed by atoms with Crippen LogP contribution in [0, 0.1) is 13.8 Å². The van der Waals surface area contributed by atoms with Crippen LogP contribution in [0.15, 0.2) is 124 Å². The topological polar surface area (TPSA) is 183 Å². The van der Waals surface area contributed by atoms with Gasteiger partial charge in [0.15, 0.2) is 0 Å². The molecule has 0 radical (unpaired) electrons. The third-order valence-electron chi connectivity index (χ3n) is 20.4. The van der Waals surface area contributed by atoms with Gasteiger partial charge in [-0.1, -0.05) is 154 Å². The van der Waals surface area contributed by atoms with Crippen molar-refractivity contribution in [1.82, 2.24) is 9.13 Å². The molecule has 10 aromatic heterocycles. The molecule has 0 atom stereocenters. The summed E-state index contributed by atoms with van der Waals surface area (Å²) in [5, 5.41) is 5.19. The number of aryl methyl sites for hydroxylation is 4. The molecule has 0 saturated carbocycles. The van der Waals surface area contributed by atoms with Gasteiger partial charge in [0.25, 0.3) is 11.1 Å². The Hall–Kier alpha value is -4.98. The number of hydrogen-bond acceptors (Lipinski definition) is 20. The van der Waals surface area contributed by atoms with E-state index in [-0.39, 0.29) is 22.2 Å². The van der Waals surface area contributed by atoms with Crippen LogP contribution in [0.5, 0.6) is 23.0 Å². The summed E-state index contributed by atoms with van der Waals surface area (Å²) in [5.41, 5.74) is 2.38. The maximum atomic E-state index is 14.4. The zero-order valence-electron chi connectivity index (χ0n) is 65.9. The second-order valence-electron chi connectivity index (χ2n) is 31.0. The summed E-state index contributed by atoms with van der Waals surface area (Å²) in [6.45, 7) is 8.43. The van der Waals surface area contributed by atoms with Crippen LogP contribution in [0.2, 0.25) is 29.6 Å². The first kappa shape index (κ1) is 88.3. The van der Waals surface area contributed by atoms with Crippen molar-refractivity contribution in [3.63, 3.8) is 0 Å². The van der Waals surface area contributed by atoms with Gasteiger partial charge in [-0.25, -0.2) is 4.57 Å². The first-order chi connectivity index (χ1) is 54.9. The Morgan fingerprint density at radius 2 is 0.596 bits per heavy atom. The number of rotatable bonds is 35. The molecule has 0 bridgehead atoms. The molecule has 0 aliphatic heterocycles. The standard InChI is InChI=1S/C40H39B2NO6S4.C28H31Br2NO2S2.C10H2B2O4S2.6CH3.2Sn/c1-4-5-6-7-8-9-10-11-12-13-14-25-15-17-26(18-16-25)43-39(44)29-20-24(3)51-37(29)38-30(40(43)45)22-32(53-38)31-21-28-34(49-42-47)35-27(19-23(2)50-35)33(48-41-46)36(28)52-31;1-2-3-4-5-6-7-8-9-10-11-12-19-13-15-20(16-14-19)31-27(32)21-17-23(29)34-25(21)26-22(28(31)33)18-24(30)35-26;13-11-15-7-5-1-3-17-9(5)8(16-12-14)6-2-4-18-10(6)7;;;;;;;;/h15-22H,4-14H2,1-3H3;13-18H,2-12H2,1H3;1-2H;6*1H3;;. The van der Waals surface area contributed by atoms with Crippen molar-refractivity contribution in [2.24, 2.45) is 0 Å². The average molecular weight is 2020 g/mol. The Morgan fingerprint density at radius 1 is 0.325 bits per heavy atom. The molecule has 10 heterocycles. The fourth-order valence-corrected chi connectivity index (χ4v) is 35.1. The molecular weight excluding hydrogens is 1930 g/mol. The molecule has 14 nitrogen and oxygen atoms in total. The number of unbranched alkanes of at least 4 members (excludes halogenated alkanes) is 18. The van der Waals surface area contributed by atoms with Crippen LogP contribution in [0.1, 0.15) is 163 Å². The van der Waals surface area contributed by atoms with E-state index >= 15 is 0 Å². The van der Waals surface area contributed by atoms with E-state index in [4.69, 9.17) is 18.6 Å². The van der Waals surface area contributed by atoms with E-state index in [1.807, 2.05) is 86.6 Å². The Morgan fingerprint density at radius 3 is 0.965 bits per heavy atom. The minimum atomic E-state index is -2.33. The fraction of sp³-hybridized carbons (Fsp3) is 0.381. The summed E-state index contributed by atoms with van der Waals surface area (Å²) in [6, 6.07) is 31.3. The normalized spacial score (nSPS) is 11.7. The predicted octanol–water partition coefficient (Wildman–Crippen LogP) is 25.0. The fourth-order valence-electron chi connectivity index (χ4n) is 14.5. The molecule has 590 valence electrons. The first-order valence-corrected chi connectivity index (χ1v) is 67.2. The van der Waals surface area contributed by atoms with E-state index in [0.717, 1.165) is 85.3 Å². The monoisotopic (exact) mass is 2020 g/mol. The number of nitrogens with zero attached hydrogens (tertiary/aromatic N) is 2. The van der Waals surface area contributed by atoms with Gasteiger partial charge in [0, 0.05) is 0 Å². The number of thiophene rings is 8. The molecule has 0 N–H and O–H groups in total. The van der Waals surface area contributed by atoms with Crippen molar-refractivity contribution in [2.75, 3.05) is 0 Å². The van der Waals surface area contributed by atoms with Crippen molar-refractivity contribution in [2.45, 2.75) is 199 Å². The van der Waals surface area contributed by atoms with Crippen molar-refractivity contribution in [3.8, 4) is 44.1 Å².